The normalized spacial score (nSPS) is 28.0. The summed E-state index contributed by atoms with van der Waals surface area (Å²) in [4.78, 5) is 8.88. The van der Waals surface area contributed by atoms with Crippen LogP contribution in [0.4, 0.5) is 5.82 Å². The number of benzene rings is 1. The predicted molar refractivity (Wildman–Crippen MR) is 116 cm³/mol. The Labute approximate surface area is 185 Å². The summed E-state index contributed by atoms with van der Waals surface area (Å²) >= 11 is 6.29. The lowest BCUT2D eigenvalue weighted by molar-refractivity contribution is -0.199. The van der Waals surface area contributed by atoms with Gasteiger partial charge < -0.3 is 29.2 Å². The molecule has 5 atom stereocenters. The van der Waals surface area contributed by atoms with Gasteiger partial charge in [0.15, 0.2) is 12.0 Å². The Kier molecular flexibility index (Phi) is 5.15. The Bertz CT molecular complexity index is 1090. The molecule has 2 aliphatic rings. The van der Waals surface area contributed by atoms with Crippen LogP contribution >= 0.6 is 11.6 Å². The third kappa shape index (κ3) is 3.68. The minimum atomic E-state index is -0.752. The van der Waals surface area contributed by atoms with Gasteiger partial charge in [-0.05, 0) is 44.0 Å². The number of hydrogen-bond acceptors (Lipinski definition) is 7. The molecule has 0 amide bonds. The van der Waals surface area contributed by atoms with E-state index in [-0.39, 0.29) is 30.1 Å². The van der Waals surface area contributed by atoms with Crippen molar-refractivity contribution in [3.05, 3.63) is 53.4 Å². The molecule has 2 fully saturated rings. The molecule has 0 bridgehead atoms. The second kappa shape index (κ2) is 7.72. The predicted octanol–water partition coefficient (Wildman–Crippen LogP) is 3.67. The SMILES string of the molecule is CC(Nc1nc(Cl)nc2c1ccn2[C@@H]1O[C@H](CO)[C@H]2OC(C)(C)O[C@H]21)c1ccccc1. The summed E-state index contributed by atoms with van der Waals surface area (Å²) in [7, 11) is 0. The number of anilines is 1. The van der Waals surface area contributed by atoms with Crippen LogP contribution < -0.4 is 5.32 Å². The van der Waals surface area contributed by atoms with Crippen LogP contribution in [0.1, 0.15) is 38.6 Å². The van der Waals surface area contributed by atoms with Crippen molar-refractivity contribution >= 4 is 28.5 Å². The maximum Gasteiger partial charge on any atom is 0.226 e. The van der Waals surface area contributed by atoms with Crippen LogP contribution in [-0.4, -0.2) is 50.3 Å². The molecule has 0 saturated carbocycles. The van der Waals surface area contributed by atoms with Gasteiger partial charge in [-0.15, -0.1) is 0 Å². The van der Waals surface area contributed by atoms with Gasteiger partial charge >= 0.3 is 0 Å². The Morgan fingerprint density at radius 3 is 2.65 bits per heavy atom. The van der Waals surface area contributed by atoms with Gasteiger partial charge in [0.05, 0.1) is 12.0 Å². The van der Waals surface area contributed by atoms with Gasteiger partial charge in [-0.25, -0.2) is 4.98 Å². The number of nitrogens with zero attached hydrogens (tertiary/aromatic N) is 3. The number of rotatable bonds is 5. The van der Waals surface area contributed by atoms with E-state index >= 15 is 0 Å². The molecule has 2 aliphatic heterocycles. The monoisotopic (exact) mass is 444 g/mol. The molecule has 9 heteroatoms. The second-order valence-electron chi connectivity index (χ2n) is 8.39. The van der Waals surface area contributed by atoms with E-state index in [0.717, 1.165) is 10.9 Å². The minimum Gasteiger partial charge on any atom is -0.394 e. The van der Waals surface area contributed by atoms with Crippen molar-refractivity contribution in [3.8, 4) is 0 Å². The second-order valence-corrected chi connectivity index (χ2v) is 8.73. The zero-order chi connectivity index (χ0) is 21.8. The van der Waals surface area contributed by atoms with Crippen molar-refractivity contribution in [1.29, 1.82) is 0 Å². The zero-order valence-corrected chi connectivity index (χ0v) is 18.3. The van der Waals surface area contributed by atoms with E-state index in [4.69, 9.17) is 25.8 Å². The molecule has 5 rings (SSSR count). The third-order valence-electron chi connectivity index (χ3n) is 5.78. The van der Waals surface area contributed by atoms with E-state index in [1.807, 2.05) is 48.9 Å². The number of aliphatic hydroxyl groups excluding tert-OH is 1. The molecule has 31 heavy (non-hydrogen) atoms. The average Bonchev–Trinajstić information content (AvgIpc) is 3.39. The van der Waals surface area contributed by atoms with Crippen LogP contribution in [0.3, 0.4) is 0 Å². The fraction of sp³-hybridized carbons (Fsp3) is 0.455. The molecule has 0 spiro atoms. The first-order valence-corrected chi connectivity index (χ1v) is 10.7. The first kappa shape index (κ1) is 20.7. The molecule has 1 aromatic carbocycles. The topological polar surface area (TPSA) is 90.7 Å². The van der Waals surface area contributed by atoms with Crippen LogP contribution in [0.25, 0.3) is 11.0 Å². The number of nitrogens with one attached hydrogen (secondary N) is 1. The summed E-state index contributed by atoms with van der Waals surface area (Å²) in [5.41, 5.74) is 1.76. The van der Waals surface area contributed by atoms with Crippen molar-refractivity contribution in [2.24, 2.45) is 0 Å². The fourth-order valence-electron chi connectivity index (χ4n) is 4.38. The summed E-state index contributed by atoms with van der Waals surface area (Å²) in [6, 6.07) is 12.1. The zero-order valence-electron chi connectivity index (χ0n) is 17.5. The highest BCUT2D eigenvalue weighted by Crippen LogP contribution is 2.44. The van der Waals surface area contributed by atoms with Gasteiger partial charge in [-0.1, -0.05) is 30.3 Å². The lowest BCUT2D eigenvalue weighted by atomic mass is 10.1. The average molecular weight is 445 g/mol. The highest BCUT2D eigenvalue weighted by Gasteiger charge is 2.55. The molecule has 0 radical (unpaired) electrons. The summed E-state index contributed by atoms with van der Waals surface area (Å²) in [6.45, 7) is 5.62. The summed E-state index contributed by atoms with van der Waals surface area (Å²) < 4.78 is 20.0. The maximum atomic E-state index is 9.78. The molecule has 3 aromatic rings. The maximum absolute atomic E-state index is 9.78. The van der Waals surface area contributed by atoms with E-state index in [1.54, 1.807) is 0 Å². The van der Waals surface area contributed by atoms with Crippen molar-refractivity contribution < 1.29 is 19.3 Å². The first-order valence-electron chi connectivity index (χ1n) is 10.3. The molecule has 0 aliphatic carbocycles. The Hall–Kier alpha value is -2.23. The van der Waals surface area contributed by atoms with E-state index in [2.05, 4.69) is 34.3 Å². The number of ether oxygens (including phenoxy) is 3. The number of halogens is 1. The van der Waals surface area contributed by atoms with Crippen molar-refractivity contribution in [2.45, 2.75) is 57.1 Å². The van der Waals surface area contributed by atoms with Crippen LogP contribution in [0.5, 0.6) is 0 Å². The van der Waals surface area contributed by atoms with E-state index in [1.165, 1.54) is 0 Å². The Morgan fingerprint density at radius 1 is 1.16 bits per heavy atom. The van der Waals surface area contributed by atoms with Crippen LogP contribution in [-0.2, 0) is 14.2 Å². The van der Waals surface area contributed by atoms with Crippen LogP contribution in [0.15, 0.2) is 42.6 Å². The molecular formula is C22H25ClN4O4. The summed E-state index contributed by atoms with van der Waals surface area (Å²) in [5, 5.41) is 14.2. The minimum absolute atomic E-state index is 0.0250. The van der Waals surface area contributed by atoms with Crippen LogP contribution in [0.2, 0.25) is 5.28 Å². The highest BCUT2D eigenvalue weighted by molar-refractivity contribution is 6.28. The van der Waals surface area contributed by atoms with E-state index < -0.39 is 18.1 Å². The molecule has 2 N–H and O–H groups in total. The summed E-state index contributed by atoms with van der Waals surface area (Å²) in [6.07, 6.45) is 0.144. The molecule has 2 saturated heterocycles. The highest BCUT2D eigenvalue weighted by atomic mass is 35.5. The smallest absolute Gasteiger partial charge is 0.226 e. The molecule has 164 valence electrons. The quantitative estimate of drug-likeness (QED) is 0.580. The lowest BCUT2D eigenvalue weighted by Crippen LogP contribution is -2.31. The fourth-order valence-corrected chi connectivity index (χ4v) is 4.55. The van der Waals surface area contributed by atoms with Crippen molar-refractivity contribution in [2.75, 3.05) is 11.9 Å². The van der Waals surface area contributed by atoms with Gasteiger partial charge in [0.2, 0.25) is 5.28 Å². The number of hydrogen-bond donors (Lipinski definition) is 2. The van der Waals surface area contributed by atoms with Crippen molar-refractivity contribution in [3.63, 3.8) is 0 Å². The Balaban J connectivity index is 1.50. The molecule has 4 heterocycles. The summed E-state index contributed by atoms with van der Waals surface area (Å²) in [5.74, 6) is -0.111. The largest absolute Gasteiger partial charge is 0.394 e. The van der Waals surface area contributed by atoms with Gasteiger partial charge in [-0.2, -0.15) is 4.98 Å². The molecular weight excluding hydrogens is 420 g/mol. The van der Waals surface area contributed by atoms with Crippen LogP contribution in [0, 0.1) is 0 Å². The lowest BCUT2D eigenvalue weighted by Gasteiger charge is -2.24. The molecule has 1 unspecified atom stereocenters. The van der Waals surface area contributed by atoms with E-state index in [9.17, 15) is 5.11 Å². The first-order chi connectivity index (χ1) is 14.9. The molecule has 2 aromatic heterocycles. The molecule has 8 nitrogen and oxygen atoms in total. The van der Waals surface area contributed by atoms with Gasteiger partial charge in [0, 0.05) is 12.2 Å². The van der Waals surface area contributed by atoms with Crippen molar-refractivity contribution in [1.82, 2.24) is 14.5 Å². The number of fused-ring (bicyclic) bond motifs is 2. The number of aliphatic hydroxyl groups is 1. The third-order valence-corrected chi connectivity index (χ3v) is 5.95. The number of aromatic nitrogens is 3. The Morgan fingerprint density at radius 2 is 1.90 bits per heavy atom. The van der Waals surface area contributed by atoms with Gasteiger partial charge in [0.25, 0.3) is 0 Å². The van der Waals surface area contributed by atoms with E-state index in [0.29, 0.717) is 11.5 Å². The van der Waals surface area contributed by atoms with Gasteiger partial charge in [-0.3, -0.25) is 0 Å². The van der Waals surface area contributed by atoms with Gasteiger partial charge in [0.1, 0.15) is 29.8 Å². The standard InChI is InChI=1S/C22H25ClN4O4/c1-12(13-7-5-4-6-8-13)24-18-14-9-10-27(19(14)26-21(23)25-18)20-17-16(15(11-28)29-20)30-22(2,3)31-17/h4-10,12,15-17,20,28H,11H2,1-3H3,(H,24,25,26)/t12?,15-,16-,17-,20-/m1/s1.